The lowest BCUT2D eigenvalue weighted by Crippen LogP contribution is -2.12. The fourth-order valence-electron chi connectivity index (χ4n) is 3.19. The van der Waals surface area contributed by atoms with Gasteiger partial charge in [-0.15, -0.1) is 0 Å². The number of ether oxygens (including phenoxy) is 3. The SMILES string of the molecule is COc1cc2nccc(Oc3cc(F)c(CS(=O)(=O)C4CC4)c(F)c3)c2cc1OC. The highest BCUT2D eigenvalue weighted by molar-refractivity contribution is 7.91. The first-order valence-electron chi connectivity index (χ1n) is 9.20. The third-order valence-electron chi connectivity index (χ3n) is 4.93. The standard InChI is InChI=1S/C21H19F2NO5S/c1-27-20-9-14-18(10-21(20)28-2)24-6-5-19(14)29-12-7-16(22)15(17(23)8-12)11-30(25,26)13-3-4-13/h5-10,13H,3-4,11H2,1-2H3. The lowest BCUT2D eigenvalue weighted by molar-refractivity contribution is 0.355. The van der Waals surface area contributed by atoms with E-state index in [1.165, 1.54) is 20.4 Å². The van der Waals surface area contributed by atoms with Crippen molar-refractivity contribution in [3.63, 3.8) is 0 Å². The van der Waals surface area contributed by atoms with Crippen LogP contribution < -0.4 is 14.2 Å². The number of hydrogen-bond donors (Lipinski definition) is 0. The molecule has 0 radical (unpaired) electrons. The van der Waals surface area contributed by atoms with Gasteiger partial charge in [-0.3, -0.25) is 4.98 Å². The van der Waals surface area contributed by atoms with Crippen LogP contribution in [0, 0.1) is 11.6 Å². The summed E-state index contributed by atoms with van der Waals surface area (Å²) < 4.78 is 69.5. The lowest BCUT2D eigenvalue weighted by atomic mass is 10.1. The van der Waals surface area contributed by atoms with Crippen LogP contribution in [0.3, 0.4) is 0 Å². The first-order chi connectivity index (χ1) is 14.3. The van der Waals surface area contributed by atoms with Crippen molar-refractivity contribution in [2.24, 2.45) is 0 Å². The topological polar surface area (TPSA) is 74.7 Å². The molecule has 3 aromatic rings. The molecule has 1 aromatic heterocycles. The van der Waals surface area contributed by atoms with E-state index in [4.69, 9.17) is 14.2 Å². The molecule has 1 aliphatic rings. The number of sulfone groups is 1. The number of pyridine rings is 1. The van der Waals surface area contributed by atoms with Gasteiger partial charge in [0, 0.05) is 35.3 Å². The highest BCUT2D eigenvalue weighted by atomic mass is 32.2. The van der Waals surface area contributed by atoms with Crippen molar-refractivity contribution in [1.29, 1.82) is 0 Å². The first kappa shape index (κ1) is 20.3. The van der Waals surface area contributed by atoms with Gasteiger partial charge in [-0.1, -0.05) is 0 Å². The summed E-state index contributed by atoms with van der Waals surface area (Å²) in [5, 5.41) is 0.0544. The van der Waals surface area contributed by atoms with E-state index in [2.05, 4.69) is 4.98 Å². The van der Waals surface area contributed by atoms with Crippen molar-refractivity contribution in [1.82, 2.24) is 4.98 Å². The van der Waals surface area contributed by atoms with Gasteiger partial charge in [-0.25, -0.2) is 17.2 Å². The zero-order valence-corrected chi connectivity index (χ0v) is 17.1. The average molecular weight is 435 g/mol. The normalized spacial score (nSPS) is 14.0. The zero-order chi connectivity index (χ0) is 21.5. The number of aromatic nitrogens is 1. The molecule has 1 aliphatic carbocycles. The average Bonchev–Trinajstić information content (AvgIpc) is 3.56. The van der Waals surface area contributed by atoms with Gasteiger partial charge in [0.15, 0.2) is 21.3 Å². The summed E-state index contributed by atoms with van der Waals surface area (Å²) in [5.41, 5.74) is 0.0680. The molecular formula is C21H19F2NO5S. The minimum atomic E-state index is -3.55. The van der Waals surface area contributed by atoms with E-state index in [-0.39, 0.29) is 5.75 Å². The highest BCUT2D eigenvalue weighted by Crippen LogP contribution is 2.38. The zero-order valence-electron chi connectivity index (χ0n) is 16.3. The van der Waals surface area contributed by atoms with Crippen LogP contribution in [0.25, 0.3) is 10.9 Å². The smallest absolute Gasteiger partial charge is 0.162 e. The molecular weight excluding hydrogens is 416 g/mol. The predicted molar refractivity (Wildman–Crippen MR) is 107 cm³/mol. The molecule has 2 aromatic carbocycles. The van der Waals surface area contributed by atoms with Crippen molar-refractivity contribution in [3.05, 3.63) is 53.7 Å². The molecule has 0 atom stereocenters. The van der Waals surface area contributed by atoms with E-state index < -0.39 is 38.0 Å². The third kappa shape index (κ3) is 3.89. The Morgan fingerprint density at radius 2 is 1.63 bits per heavy atom. The lowest BCUT2D eigenvalue weighted by Gasteiger charge is -2.13. The molecule has 0 spiro atoms. The molecule has 30 heavy (non-hydrogen) atoms. The number of nitrogens with zero attached hydrogens (tertiary/aromatic N) is 1. The van der Waals surface area contributed by atoms with Crippen molar-refractivity contribution in [2.75, 3.05) is 14.2 Å². The summed E-state index contributed by atoms with van der Waals surface area (Å²) in [6.45, 7) is 0. The molecule has 0 bridgehead atoms. The molecule has 6 nitrogen and oxygen atoms in total. The summed E-state index contributed by atoms with van der Waals surface area (Å²) >= 11 is 0. The van der Waals surface area contributed by atoms with Gasteiger partial charge >= 0.3 is 0 Å². The number of halogens is 2. The van der Waals surface area contributed by atoms with Crippen molar-refractivity contribution in [2.45, 2.75) is 23.8 Å². The predicted octanol–water partition coefficient (Wildman–Crippen LogP) is 4.40. The largest absolute Gasteiger partial charge is 0.493 e. The fourth-order valence-corrected chi connectivity index (χ4v) is 4.95. The molecule has 0 aliphatic heterocycles. The van der Waals surface area contributed by atoms with E-state index in [9.17, 15) is 17.2 Å². The maximum absolute atomic E-state index is 14.5. The molecule has 0 N–H and O–H groups in total. The van der Waals surface area contributed by atoms with Crippen LogP contribution in [-0.2, 0) is 15.6 Å². The van der Waals surface area contributed by atoms with E-state index in [0.29, 0.717) is 41.0 Å². The minimum absolute atomic E-state index is 0.0974. The quantitative estimate of drug-likeness (QED) is 0.548. The van der Waals surface area contributed by atoms with E-state index >= 15 is 0 Å². The Balaban J connectivity index is 1.68. The molecule has 0 saturated heterocycles. The maximum atomic E-state index is 14.5. The van der Waals surface area contributed by atoms with Gasteiger partial charge in [-0.2, -0.15) is 0 Å². The van der Waals surface area contributed by atoms with Gasteiger partial charge in [0.05, 0.1) is 30.7 Å². The molecule has 4 rings (SSSR count). The van der Waals surface area contributed by atoms with Crippen LogP contribution in [0.5, 0.6) is 23.0 Å². The van der Waals surface area contributed by atoms with Crippen LogP contribution in [0.4, 0.5) is 8.78 Å². The van der Waals surface area contributed by atoms with Gasteiger partial charge in [0.1, 0.15) is 23.1 Å². The summed E-state index contributed by atoms with van der Waals surface area (Å²) in [6.07, 6.45) is 2.57. The molecule has 1 heterocycles. The van der Waals surface area contributed by atoms with E-state index in [1.807, 2.05) is 0 Å². The van der Waals surface area contributed by atoms with Gasteiger partial charge < -0.3 is 14.2 Å². The van der Waals surface area contributed by atoms with E-state index in [1.54, 1.807) is 18.2 Å². The van der Waals surface area contributed by atoms with Gasteiger partial charge in [0.2, 0.25) is 0 Å². The fraction of sp³-hybridized carbons (Fsp3) is 0.286. The molecule has 0 unspecified atom stereocenters. The minimum Gasteiger partial charge on any atom is -0.493 e. The second-order valence-corrected chi connectivity index (χ2v) is 9.29. The van der Waals surface area contributed by atoms with Crippen LogP contribution in [0.2, 0.25) is 0 Å². The van der Waals surface area contributed by atoms with Crippen molar-refractivity contribution >= 4 is 20.7 Å². The molecule has 158 valence electrons. The molecule has 0 amide bonds. The van der Waals surface area contributed by atoms with E-state index in [0.717, 1.165) is 12.1 Å². The Kier molecular flexibility index (Phi) is 5.23. The summed E-state index contributed by atoms with van der Waals surface area (Å²) in [4.78, 5) is 4.25. The monoisotopic (exact) mass is 435 g/mol. The molecule has 1 saturated carbocycles. The molecule has 1 fully saturated rings. The van der Waals surface area contributed by atoms with Crippen molar-refractivity contribution in [3.8, 4) is 23.0 Å². The number of methoxy groups -OCH3 is 2. The van der Waals surface area contributed by atoms with Crippen LogP contribution in [0.15, 0.2) is 36.5 Å². The highest BCUT2D eigenvalue weighted by Gasteiger charge is 2.36. The number of rotatable bonds is 7. The Bertz CT molecular complexity index is 1200. The summed E-state index contributed by atoms with van der Waals surface area (Å²) in [5.74, 6) is -1.46. The number of benzene rings is 2. The first-order valence-corrected chi connectivity index (χ1v) is 10.9. The Morgan fingerprint density at radius 3 is 2.23 bits per heavy atom. The third-order valence-corrected chi connectivity index (χ3v) is 7.11. The Labute approximate surface area is 172 Å². The van der Waals surface area contributed by atoms with Crippen LogP contribution in [-0.4, -0.2) is 32.9 Å². The second kappa shape index (κ2) is 7.71. The van der Waals surface area contributed by atoms with Gasteiger partial charge in [0.25, 0.3) is 0 Å². The van der Waals surface area contributed by atoms with Crippen molar-refractivity contribution < 1.29 is 31.4 Å². The molecule has 9 heteroatoms. The Hall–Kier alpha value is -2.94. The van der Waals surface area contributed by atoms with Crippen LogP contribution >= 0.6 is 0 Å². The number of hydrogen-bond acceptors (Lipinski definition) is 6. The summed E-state index contributed by atoms with van der Waals surface area (Å²) in [6, 6.07) is 6.82. The number of fused-ring (bicyclic) bond motifs is 1. The maximum Gasteiger partial charge on any atom is 0.162 e. The van der Waals surface area contributed by atoms with Gasteiger partial charge in [-0.05, 0) is 25.0 Å². The Morgan fingerprint density at radius 1 is 1.00 bits per heavy atom. The van der Waals surface area contributed by atoms with Crippen LogP contribution in [0.1, 0.15) is 18.4 Å². The summed E-state index contributed by atoms with van der Waals surface area (Å²) in [7, 11) is -0.568. The second-order valence-electron chi connectivity index (χ2n) is 7.01.